The second-order valence-electron chi connectivity index (χ2n) is 4.69. The van der Waals surface area contributed by atoms with Crippen LogP contribution in [0.25, 0.3) is 0 Å². The first kappa shape index (κ1) is 17.1. The van der Waals surface area contributed by atoms with Crippen LogP contribution in [-0.2, 0) is 0 Å². The van der Waals surface area contributed by atoms with Crippen molar-refractivity contribution in [2.45, 2.75) is 6.92 Å². The number of hydrogen-bond acceptors (Lipinski definition) is 3. The Bertz CT molecular complexity index is 750. The Morgan fingerprint density at radius 2 is 1.65 bits per heavy atom. The topological polar surface area (TPSA) is 70.2 Å². The molecule has 5 nitrogen and oxygen atoms in total. The normalized spacial score (nSPS) is 9.83. The van der Waals surface area contributed by atoms with Crippen LogP contribution in [0.2, 0.25) is 0 Å². The molecule has 0 aromatic heterocycles. The number of hydrazine groups is 1. The number of aryl methyl sites for hydroxylation is 1. The zero-order valence-corrected chi connectivity index (χ0v) is 14.6. The summed E-state index contributed by atoms with van der Waals surface area (Å²) < 4.78 is 0.835. The van der Waals surface area contributed by atoms with Gasteiger partial charge in [-0.25, -0.2) is 0 Å². The molecule has 0 atom stereocenters. The van der Waals surface area contributed by atoms with E-state index in [0.29, 0.717) is 11.1 Å². The predicted octanol–water partition coefficient (Wildman–Crippen LogP) is 2.71. The minimum absolute atomic E-state index is 0.0102. The molecule has 2 rings (SSSR count). The quantitative estimate of drug-likeness (QED) is 0.543. The van der Waals surface area contributed by atoms with E-state index in [9.17, 15) is 9.59 Å². The second-order valence-corrected chi connectivity index (χ2v) is 5.95. The Hall–Kier alpha value is -2.25. The summed E-state index contributed by atoms with van der Waals surface area (Å²) in [5.74, 6) is -0.711. The molecule has 0 saturated carbocycles. The first-order valence-electron chi connectivity index (χ1n) is 6.70. The Morgan fingerprint density at radius 1 is 0.957 bits per heavy atom. The number of hydrogen-bond donors (Lipinski definition) is 3. The van der Waals surface area contributed by atoms with Gasteiger partial charge in [-0.05, 0) is 49.0 Å². The molecule has 0 aliphatic heterocycles. The summed E-state index contributed by atoms with van der Waals surface area (Å²) in [6.07, 6.45) is 0. The molecule has 0 unspecified atom stereocenters. The van der Waals surface area contributed by atoms with Gasteiger partial charge in [-0.2, -0.15) is 0 Å². The van der Waals surface area contributed by atoms with Gasteiger partial charge in [0.15, 0.2) is 5.11 Å². The minimum atomic E-state index is -0.364. The van der Waals surface area contributed by atoms with Crippen LogP contribution < -0.4 is 16.2 Å². The standard InChI is InChI=1S/C16H14BrN3O2S/c1-10-7-8-12(9-13(10)17)14(21)18-16(23)20-19-15(22)11-5-3-2-4-6-11/h2-9H,1H3,(H,19,22)(H2,18,20,21,23). The number of nitrogens with one attached hydrogen (secondary N) is 3. The molecule has 118 valence electrons. The smallest absolute Gasteiger partial charge is 0.269 e. The van der Waals surface area contributed by atoms with Crippen LogP contribution in [0.15, 0.2) is 53.0 Å². The molecule has 0 saturated heterocycles. The van der Waals surface area contributed by atoms with Crippen molar-refractivity contribution in [2.75, 3.05) is 0 Å². The van der Waals surface area contributed by atoms with E-state index in [1.807, 2.05) is 19.1 Å². The van der Waals surface area contributed by atoms with Crippen molar-refractivity contribution in [1.82, 2.24) is 16.2 Å². The van der Waals surface area contributed by atoms with Gasteiger partial charge in [0.2, 0.25) is 0 Å². The second kappa shape index (κ2) is 7.85. The third kappa shape index (κ3) is 4.87. The van der Waals surface area contributed by atoms with Crippen LogP contribution in [0.4, 0.5) is 0 Å². The first-order valence-corrected chi connectivity index (χ1v) is 7.90. The van der Waals surface area contributed by atoms with Crippen molar-refractivity contribution in [3.8, 4) is 0 Å². The van der Waals surface area contributed by atoms with E-state index in [1.54, 1.807) is 36.4 Å². The number of carbonyl (C=O) groups excluding carboxylic acids is 2. The summed E-state index contributed by atoms with van der Waals surface area (Å²) in [7, 11) is 0. The lowest BCUT2D eigenvalue weighted by molar-refractivity contribution is 0.0934. The van der Waals surface area contributed by atoms with E-state index in [4.69, 9.17) is 12.2 Å². The van der Waals surface area contributed by atoms with Crippen LogP contribution in [0.5, 0.6) is 0 Å². The average molecular weight is 392 g/mol. The molecule has 2 aromatic carbocycles. The molecule has 0 radical (unpaired) electrons. The molecule has 0 aliphatic carbocycles. The summed E-state index contributed by atoms with van der Waals surface area (Å²) in [6, 6.07) is 13.9. The molecule has 2 aromatic rings. The van der Waals surface area contributed by atoms with Crippen molar-refractivity contribution < 1.29 is 9.59 Å². The van der Waals surface area contributed by atoms with Gasteiger partial charge in [-0.1, -0.05) is 40.2 Å². The molecule has 23 heavy (non-hydrogen) atoms. The van der Waals surface area contributed by atoms with Gasteiger partial charge < -0.3 is 0 Å². The molecular weight excluding hydrogens is 378 g/mol. The van der Waals surface area contributed by atoms with Crippen molar-refractivity contribution in [1.29, 1.82) is 0 Å². The van der Waals surface area contributed by atoms with Gasteiger partial charge in [-0.3, -0.25) is 25.8 Å². The van der Waals surface area contributed by atoms with E-state index in [-0.39, 0.29) is 16.9 Å². The lowest BCUT2D eigenvalue weighted by Gasteiger charge is -2.11. The summed E-state index contributed by atoms with van der Waals surface area (Å²) in [6.45, 7) is 1.93. The maximum Gasteiger partial charge on any atom is 0.269 e. The molecule has 2 amide bonds. The van der Waals surface area contributed by atoms with Crippen molar-refractivity contribution in [3.05, 3.63) is 69.7 Å². The van der Waals surface area contributed by atoms with Gasteiger partial charge in [0.25, 0.3) is 11.8 Å². The highest BCUT2D eigenvalue weighted by atomic mass is 79.9. The van der Waals surface area contributed by atoms with Crippen LogP contribution in [-0.4, -0.2) is 16.9 Å². The molecule has 0 heterocycles. The van der Waals surface area contributed by atoms with Gasteiger partial charge in [0, 0.05) is 15.6 Å². The fraction of sp³-hybridized carbons (Fsp3) is 0.0625. The minimum Gasteiger partial charge on any atom is -0.298 e. The van der Waals surface area contributed by atoms with Crippen LogP contribution in [0, 0.1) is 6.92 Å². The maximum absolute atomic E-state index is 12.1. The lowest BCUT2D eigenvalue weighted by Crippen LogP contribution is -2.48. The Kier molecular flexibility index (Phi) is 5.84. The number of thiocarbonyl (C=S) groups is 1. The van der Waals surface area contributed by atoms with Crippen LogP contribution >= 0.6 is 28.1 Å². The third-order valence-corrected chi connectivity index (χ3v) is 4.05. The van der Waals surface area contributed by atoms with Gasteiger partial charge in [0.1, 0.15) is 0 Å². The van der Waals surface area contributed by atoms with Crippen LogP contribution in [0.1, 0.15) is 26.3 Å². The Balaban J connectivity index is 1.88. The van der Waals surface area contributed by atoms with Crippen LogP contribution in [0.3, 0.4) is 0 Å². The van der Waals surface area contributed by atoms with Gasteiger partial charge in [0.05, 0.1) is 0 Å². The van der Waals surface area contributed by atoms with E-state index in [1.165, 1.54) is 0 Å². The molecule has 7 heteroatoms. The summed E-state index contributed by atoms with van der Waals surface area (Å²) >= 11 is 8.36. The number of benzene rings is 2. The highest BCUT2D eigenvalue weighted by Crippen LogP contribution is 2.17. The maximum atomic E-state index is 12.1. The molecule has 3 N–H and O–H groups in total. The van der Waals surface area contributed by atoms with Crippen molar-refractivity contribution >= 4 is 45.1 Å². The Morgan fingerprint density at radius 3 is 2.30 bits per heavy atom. The molecular formula is C16H14BrN3O2S. The zero-order chi connectivity index (χ0) is 16.8. The number of carbonyl (C=O) groups is 2. The third-order valence-electron chi connectivity index (χ3n) is 2.99. The summed E-state index contributed by atoms with van der Waals surface area (Å²) in [5, 5.41) is 2.51. The molecule has 0 spiro atoms. The van der Waals surface area contributed by atoms with E-state index < -0.39 is 0 Å². The monoisotopic (exact) mass is 391 g/mol. The first-order chi connectivity index (χ1) is 11.0. The molecule has 0 aliphatic rings. The summed E-state index contributed by atoms with van der Waals surface area (Å²) in [4.78, 5) is 23.9. The zero-order valence-electron chi connectivity index (χ0n) is 12.2. The largest absolute Gasteiger partial charge is 0.298 e. The highest BCUT2D eigenvalue weighted by molar-refractivity contribution is 9.10. The fourth-order valence-corrected chi connectivity index (χ4v) is 2.24. The number of rotatable bonds is 2. The number of amides is 2. The predicted molar refractivity (Wildman–Crippen MR) is 96.0 cm³/mol. The van der Waals surface area contributed by atoms with E-state index in [2.05, 4.69) is 32.1 Å². The SMILES string of the molecule is Cc1ccc(C(=O)NC(=S)NNC(=O)c2ccccc2)cc1Br. The number of halogens is 1. The van der Waals surface area contributed by atoms with E-state index >= 15 is 0 Å². The summed E-state index contributed by atoms with van der Waals surface area (Å²) in [5.41, 5.74) is 6.89. The van der Waals surface area contributed by atoms with Crippen molar-refractivity contribution in [2.24, 2.45) is 0 Å². The average Bonchev–Trinajstić information content (AvgIpc) is 2.55. The molecule has 0 fully saturated rings. The highest BCUT2D eigenvalue weighted by Gasteiger charge is 2.10. The van der Waals surface area contributed by atoms with Gasteiger partial charge in [-0.15, -0.1) is 0 Å². The lowest BCUT2D eigenvalue weighted by atomic mass is 10.1. The van der Waals surface area contributed by atoms with Gasteiger partial charge >= 0.3 is 0 Å². The molecule has 0 bridgehead atoms. The van der Waals surface area contributed by atoms with E-state index in [0.717, 1.165) is 10.0 Å². The fourth-order valence-electron chi connectivity index (χ4n) is 1.72. The Labute approximate surface area is 147 Å². The van der Waals surface area contributed by atoms with Crippen molar-refractivity contribution in [3.63, 3.8) is 0 Å².